The van der Waals surface area contributed by atoms with Gasteiger partial charge in [-0.25, -0.2) is 0 Å². The van der Waals surface area contributed by atoms with E-state index in [-0.39, 0.29) is 17.5 Å². The van der Waals surface area contributed by atoms with Crippen LogP contribution in [-0.4, -0.2) is 22.0 Å². The third-order valence-corrected chi connectivity index (χ3v) is 6.18. The Morgan fingerprint density at radius 1 is 0.882 bits per heavy atom. The Hall–Kier alpha value is -4.04. The van der Waals surface area contributed by atoms with Crippen LogP contribution in [-0.2, 0) is 6.61 Å². The maximum atomic E-state index is 12.7. The van der Waals surface area contributed by atoms with Crippen molar-refractivity contribution in [3.63, 3.8) is 0 Å². The Morgan fingerprint density at radius 3 is 2.44 bits per heavy atom. The maximum Gasteiger partial charge on any atom is 0.286 e. The lowest BCUT2D eigenvalue weighted by Crippen LogP contribution is -2.15. The number of anilines is 2. The van der Waals surface area contributed by atoms with Crippen molar-refractivity contribution in [2.24, 2.45) is 0 Å². The van der Waals surface area contributed by atoms with Crippen LogP contribution >= 0.6 is 11.3 Å². The molecule has 172 valence electrons. The molecular formula is C26H24N4O3S. The van der Waals surface area contributed by atoms with Gasteiger partial charge in [0, 0.05) is 16.9 Å². The van der Waals surface area contributed by atoms with Crippen molar-refractivity contribution in [3.05, 3.63) is 99.0 Å². The minimum atomic E-state index is -0.397. The van der Waals surface area contributed by atoms with Crippen molar-refractivity contribution in [2.45, 2.75) is 27.4 Å². The van der Waals surface area contributed by atoms with Crippen molar-refractivity contribution in [1.82, 2.24) is 10.2 Å². The van der Waals surface area contributed by atoms with Gasteiger partial charge in [-0.05, 0) is 68.3 Å². The summed E-state index contributed by atoms with van der Waals surface area (Å²) in [7, 11) is 0. The molecule has 0 saturated heterocycles. The van der Waals surface area contributed by atoms with Crippen LogP contribution in [0, 0.1) is 20.8 Å². The van der Waals surface area contributed by atoms with E-state index in [1.54, 1.807) is 24.3 Å². The summed E-state index contributed by atoms with van der Waals surface area (Å²) >= 11 is 1.16. The lowest BCUT2D eigenvalue weighted by molar-refractivity contribution is 0.101. The van der Waals surface area contributed by atoms with Crippen LogP contribution in [0.1, 0.15) is 41.9 Å². The average Bonchev–Trinajstić information content (AvgIpc) is 3.31. The Bertz CT molecular complexity index is 1330. The molecule has 0 bridgehead atoms. The molecule has 0 spiro atoms. The predicted molar refractivity (Wildman–Crippen MR) is 134 cm³/mol. The van der Waals surface area contributed by atoms with Crippen LogP contribution in [0.4, 0.5) is 11.4 Å². The Labute approximate surface area is 201 Å². The van der Waals surface area contributed by atoms with Crippen LogP contribution in [0.3, 0.4) is 0 Å². The van der Waals surface area contributed by atoms with Crippen LogP contribution in [0.25, 0.3) is 0 Å². The van der Waals surface area contributed by atoms with Crippen molar-refractivity contribution in [3.8, 4) is 5.75 Å². The molecule has 0 aliphatic carbocycles. The number of ether oxygens (including phenoxy) is 1. The molecular weight excluding hydrogens is 448 g/mol. The fraction of sp³-hybridized carbons (Fsp3) is 0.154. The van der Waals surface area contributed by atoms with E-state index >= 15 is 0 Å². The Balaban J connectivity index is 1.38. The minimum Gasteiger partial charge on any atom is -0.486 e. The van der Waals surface area contributed by atoms with Gasteiger partial charge < -0.3 is 15.4 Å². The molecule has 2 amide bonds. The summed E-state index contributed by atoms with van der Waals surface area (Å²) < 4.78 is 5.70. The number of hydrogen-bond acceptors (Lipinski definition) is 6. The molecule has 4 aromatic rings. The Morgan fingerprint density at radius 2 is 1.65 bits per heavy atom. The molecule has 0 radical (unpaired) electrons. The number of aromatic nitrogens is 2. The number of amides is 2. The summed E-state index contributed by atoms with van der Waals surface area (Å²) in [5.74, 6) is 0.0742. The molecule has 8 heteroatoms. The smallest absolute Gasteiger partial charge is 0.286 e. The van der Waals surface area contributed by atoms with Crippen LogP contribution in [0.2, 0.25) is 0 Å². The van der Waals surface area contributed by atoms with E-state index in [2.05, 4.69) is 20.8 Å². The fourth-order valence-corrected chi connectivity index (χ4v) is 3.84. The van der Waals surface area contributed by atoms with Crippen LogP contribution < -0.4 is 15.4 Å². The number of benzene rings is 3. The van der Waals surface area contributed by atoms with Gasteiger partial charge in [0.2, 0.25) is 5.01 Å². The third-order valence-electron chi connectivity index (χ3n) is 5.28. The monoisotopic (exact) mass is 472 g/mol. The molecule has 3 aromatic carbocycles. The maximum absolute atomic E-state index is 12.7. The quantitative estimate of drug-likeness (QED) is 0.368. The zero-order valence-corrected chi connectivity index (χ0v) is 19.9. The van der Waals surface area contributed by atoms with Gasteiger partial charge in [-0.1, -0.05) is 47.2 Å². The highest BCUT2D eigenvalue weighted by molar-refractivity contribution is 7.13. The van der Waals surface area contributed by atoms with Crippen molar-refractivity contribution >= 4 is 34.5 Å². The lowest BCUT2D eigenvalue weighted by Gasteiger charge is -2.11. The first-order valence-corrected chi connectivity index (χ1v) is 11.5. The summed E-state index contributed by atoms with van der Waals surface area (Å²) in [6.45, 7) is 6.19. The first kappa shape index (κ1) is 23.1. The molecule has 34 heavy (non-hydrogen) atoms. The van der Waals surface area contributed by atoms with Gasteiger partial charge in [-0.3, -0.25) is 9.59 Å². The standard InChI is InChI=1S/C26H24N4O3S/c1-16-10-12-21(13-11-16)33-15-23-29-30-26(34-23)25(32)27-20-8-5-7-19(14-20)24(31)28-22-9-4-6-17(2)18(22)3/h4-14H,15H2,1-3H3,(H,27,32)(H,28,31). The molecule has 1 aromatic heterocycles. The number of rotatable bonds is 7. The van der Waals surface area contributed by atoms with Gasteiger partial charge in [-0.2, -0.15) is 0 Å². The second kappa shape index (κ2) is 10.3. The van der Waals surface area contributed by atoms with Crippen LogP contribution in [0.15, 0.2) is 66.7 Å². The normalized spacial score (nSPS) is 10.6. The van der Waals surface area contributed by atoms with Gasteiger partial charge in [0.1, 0.15) is 12.4 Å². The van der Waals surface area contributed by atoms with E-state index < -0.39 is 5.91 Å². The summed E-state index contributed by atoms with van der Waals surface area (Å²) in [5.41, 5.74) is 4.94. The molecule has 7 nitrogen and oxygen atoms in total. The largest absolute Gasteiger partial charge is 0.486 e. The van der Waals surface area contributed by atoms with Crippen molar-refractivity contribution in [2.75, 3.05) is 10.6 Å². The zero-order valence-electron chi connectivity index (χ0n) is 19.1. The number of nitrogens with one attached hydrogen (secondary N) is 2. The summed E-state index contributed by atoms with van der Waals surface area (Å²) in [5, 5.41) is 14.5. The summed E-state index contributed by atoms with van der Waals surface area (Å²) in [4.78, 5) is 25.4. The highest BCUT2D eigenvalue weighted by Crippen LogP contribution is 2.21. The number of aryl methyl sites for hydroxylation is 2. The number of nitrogens with zero attached hydrogens (tertiary/aromatic N) is 2. The minimum absolute atomic E-state index is 0.216. The summed E-state index contributed by atoms with van der Waals surface area (Å²) in [6, 6.07) is 20.2. The first-order valence-electron chi connectivity index (χ1n) is 10.7. The van der Waals surface area contributed by atoms with E-state index in [0.717, 1.165) is 39.5 Å². The highest BCUT2D eigenvalue weighted by atomic mass is 32.1. The molecule has 0 unspecified atom stereocenters. The molecule has 0 aliphatic rings. The molecule has 1 heterocycles. The number of hydrogen-bond donors (Lipinski definition) is 2. The Kier molecular flexibility index (Phi) is 6.98. The molecule has 0 saturated carbocycles. The molecule has 0 aliphatic heterocycles. The molecule has 0 fully saturated rings. The lowest BCUT2D eigenvalue weighted by atomic mass is 10.1. The fourth-order valence-electron chi connectivity index (χ4n) is 3.19. The van der Waals surface area contributed by atoms with E-state index in [9.17, 15) is 9.59 Å². The first-order chi connectivity index (χ1) is 16.4. The van der Waals surface area contributed by atoms with Crippen molar-refractivity contribution in [1.29, 1.82) is 0 Å². The van der Waals surface area contributed by atoms with Crippen molar-refractivity contribution < 1.29 is 14.3 Å². The summed E-state index contributed by atoms with van der Waals surface area (Å²) in [6.07, 6.45) is 0. The second-order valence-corrected chi connectivity index (χ2v) is 8.90. The highest BCUT2D eigenvalue weighted by Gasteiger charge is 2.15. The topological polar surface area (TPSA) is 93.2 Å². The molecule has 0 atom stereocenters. The van der Waals surface area contributed by atoms with Gasteiger partial charge in [0.15, 0.2) is 5.01 Å². The zero-order chi connectivity index (χ0) is 24.1. The number of carbonyl (C=O) groups excluding carboxylic acids is 2. The van der Waals surface area contributed by atoms with Gasteiger partial charge in [0.05, 0.1) is 0 Å². The van der Waals surface area contributed by atoms with Gasteiger partial charge >= 0.3 is 0 Å². The van der Waals surface area contributed by atoms with E-state index in [1.807, 2.05) is 63.2 Å². The SMILES string of the molecule is Cc1ccc(OCc2nnc(C(=O)Nc3cccc(C(=O)Nc4cccc(C)c4C)c3)s2)cc1. The number of carbonyl (C=O) groups is 2. The second-order valence-electron chi connectivity index (χ2n) is 7.84. The van der Waals surface area contributed by atoms with Crippen LogP contribution in [0.5, 0.6) is 5.75 Å². The van der Waals surface area contributed by atoms with E-state index in [0.29, 0.717) is 16.3 Å². The van der Waals surface area contributed by atoms with Gasteiger partial charge in [-0.15, -0.1) is 10.2 Å². The average molecular weight is 473 g/mol. The third kappa shape index (κ3) is 5.65. The molecule has 2 N–H and O–H groups in total. The van der Waals surface area contributed by atoms with Gasteiger partial charge in [0.25, 0.3) is 11.8 Å². The van der Waals surface area contributed by atoms with E-state index in [1.165, 1.54) is 0 Å². The predicted octanol–water partition coefficient (Wildman–Crippen LogP) is 5.55. The molecule has 4 rings (SSSR count). The van der Waals surface area contributed by atoms with E-state index in [4.69, 9.17) is 4.74 Å².